The van der Waals surface area contributed by atoms with Gasteiger partial charge in [0, 0.05) is 25.0 Å². The zero-order valence-corrected chi connectivity index (χ0v) is 11.0. The van der Waals surface area contributed by atoms with Crippen LogP contribution in [0.5, 0.6) is 0 Å². The number of carboxylic acids is 1. The maximum absolute atomic E-state index is 11.6. The van der Waals surface area contributed by atoms with Gasteiger partial charge in [-0.25, -0.2) is 9.78 Å². The molecule has 0 saturated heterocycles. The summed E-state index contributed by atoms with van der Waals surface area (Å²) < 4.78 is 0. The van der Waals surface area contributed by atoms with Crippen LogP contribution < -0.4 is 0 Å². The zero-order chi connectivity index (χ0) is 13.1. The Labute approximate surface area is 104 Å². The molecular weight excluding hydrogens is 240 g/mol. The minimum atomic E-state index is -1.38. The van der Waals surface area contributed by atoms with E-state index >= 15 is 0 Å². The number of carboxylic acid groups (broad SMARTS) is 1. The molecule has 6 heteroatoms. The van der Waals surface area contributed by atoms with Crippen molar-refractivity contribution in [2.75, 3.05) is 6.54 Å². The molecule has 0 saturated carbocycles. The van der Waals surface area contributed by atoms with Crippen LogP contribution in [-0.4, -0.2) is 33.4 Å². The van der Waals surface area contributed by atoms with E-state index in [1.165, 1.54) is 30.1 Å². The molecule has 1 unspecified atom stereocenters. The fourth-order valence-electron chi connectivity index (χ4n) is 1.71. The number of hydrogen-bond acceptors (Lipinski definition) is 4. The van der Waals surface area contributed by atoms with Gasteiger partial charge in [-0.1, -0.05) is 6.92 Å². The molecule has 0 aliphatic carbocycles. The molecule has 1 atom stereocenters. The summed E-state index contributed by atoms with van der Waals surface area (Å²) in [6.45, 7) is 5.20. The fourth-order valence-corrected chi connectivity index (χ4v) is 2.51. The first kappa shape index (κ1) is 13.6. The van der Waals surface area contributed by atoms with Gasteiger partial charge in [-0.15, -0.1) is 11.3 Å². The lowest BCUT2D eigenvalue weighted by atomic mass is 10.0. The summed E-state index contributed by atoms with van der Waals surface area (Å²) in [5.74, 6) is -1.32. The van der Waals surface area contributed by atoms with Gasteiger partial charge in [-0.2, -0.15) is 0 Å². The Bertz CT molecular complexity index is 405. The average Bonchev–Trinajstić information content (AvgIpc) is 2.77. The second-order valence-electron chi connectivity index (χ2n) is 3.89. The van der Waals surface area contributed by atoms with E-state index in [0.717, 1.165) is 0 Å². The monoisotopic (exact) mass is 256 g/mol. The topological polar surface area (TPSA) is 70.5 Å². The number of amides is 1. The van der Waals surface area contributed by atoms with E-state index in [9.17, 15) is 14.7 Å². The summed E-state index contributed by atoms with van der Waals surface area (Å²) in [5.41, 5.74) is -1.38. The number of carbonyl (C=O) groups is 2. The minimum Gasteiger partial charge on any atom is -0.479 e. The normalized spacial score (nSPS) is 14.1. The van der Waals surface area contributed by atoms with Crippen LogP contribution >= 0.6 is 11.3 Å². The molecule has 1 amide bonds. The van der Waals surface area contributed by atoms with E-state index in [2.05, 4.69) is 4.98 Å². The molecule has 1 N–H and O–H groups in total. The van der Waals surface area contributed by atoms with Crippen molar-refractivity contribution in [1.82, 2.24) is 9.88 Å². The van der Waals surface area contributed by atoms with E-state index in [4.69, 9.17) is 0 Å². The fraction of sp³-hybridized carbons (Fsp3) is 0.545. The van der Waals surface area contributed by atoms with Gasteiger partial charge in [0.2, 0.25) is 5.91 Å². The smallest absolute Gasteiger partial charge is 0.336 e. The first-order chi connectivity index (χ1) is 7.94. The van der Waals surface area contributed by atoms with Crippen LogP contribution in [0.3, 0.4) is 0 Å². The van der Waals surface area contributed by atoms with Gasteiger partial charge in [0.15, 0.2) is 5.54 Å². The Morgan fingerprint density at radius 2 is 2.24 bits per heavy atom. The first-order valence-corrected chi connectivity index (χ1v) is 6.24. The maximum Gasteiger partial charge on any atom is 0.336 e. The van der Waals surface area contributed by atoms with Gasteiger partial charge in [0.25, 0.3) is 0 Å². The molecule has 1 aromatic heterocycles. The van der Waals surface area contributed by atoms with Gasteiger partial charge in [-0.3, -0.25) is 4.79 Å². The third-order valence-corrected chi connectivity index (χ3v) is 3.62. The summed E-state index contributed by atoms with van der Waals surface area (Å²) in [6.07, 6.45) is 2.25. The minimum absolute atomic E-state index is 0.257. The standard InChI is InChI=1S/C11H16N2O3S/c1-4-6-13(8(2)14)11(3,10(15)16)9-12-5-7-17-9/h5,7H,4,6H2,1-3H3,(H,15,16). The largest absolute Gasteiger partial charge is 0.479 e. The number of carbonyl (C=O) groups excluding carboxylic acids is 1. The van der Waals surface area contributed by atoms with E-state index in [1.807, 2.05) is 6.92 Å². The van der Waals surface area contributed by atoms with E-state index < -0.39 is 11.5 Å². The number of nitrogens with zero attached hydrogens (tertiary/aromatic N) is 2. The quantitative estimate of drug-likeness (QED) is 0.870. The van der Waals surface area contributed by atoms with E-state index in [0.29, 0.717) is 18.0 Å². The van der Waals surface area contributed by atoms with Crippen molar-refractivity contribution >= 4 is 23.2 Å². The predicted molar refractivity (Wildman–Crippen MR) is 64.8 cm³/mol. The number of thiazole rings is 1. The lowest BCUT2D eigenvalue weighted by Crippen LogP contribution is -2.52. The summed E-state index contributed by atoms with van der Waals surface area (Å²) in [4.78, 5) is 28.5. The van der Waals surface area contributed by atoms with Crippen LogP contribution in [0.1, 0.15) is 32.2 Å². The number of aromatic nitrogens is 1. The molecule has 0 aliphatic rings. The van der Waals surface area contributed by atoms with Gasteiger partial charge in [0.1, 0.15) is 5.01 Å². The Hall–Kier alpha value is -1.43. The molecule has 0 spiro atoms. The molecule has 0 radical (unpaired) electrons. The van der Waals surface area contributed by atoms with Gasteiger partial charge in [0.05, 0.1) is 0 Å². The number of hydrogen-bond donors (Lipinski definition) is 1. The molecule has 1 heterocycles. The van der Waals surface area contributed by atoms with Crippen molar-refractivity contribution < 1.29 is 14.7 Å². The number of aliphatic carboxylic acids is 1. The average molecular weight is 256 g/mol. The molecule has 5 nitrogen and oxygen atoms in total. The summed E-state index contributed by atoms with van der Waals surface area (Å²) in [7, 11) is 0. The van der Waals surface area contributed by atoms with Crippen LogP contribution in [0.25, 0.3) is 0 Å². The third kappa shape index (κ3) is 2.46. The molecule has 0 bridgehead atoms. The summed E-state index contributed by atoms with van der Waals surface area (Å²) in [5, 5.41) is 11.6. The van der Waals surface area contributed by atoms with Crippen LogP contribution in [0, 0.1) is 0 Å². The van der Waals surface area contributed by atoms with Crippen LogP contribution in [0.4, 0.5) is 0 Å². The SMILES string of the molecule is CCCN(C(C)=O)C(C)(C(=O)O)c1nccs1. The second-order valence-corrected chi connectivity index (χ2v) is 4.78. The van der Waals surface area contributed by atoms with Gasteiger partial charge < -0.3 is 10.0 Å². The zero-order valence-electron chi connectivity index (χ0n) is 10.1. The van der Waals surface area contributed by atoms with E-state index in [-0.39, 0.29) is 5.91 Å². The first-order valence-electron chi connectivity index (χ1n) is 5.36. The molecular formula is C11H16N2O3S. The van der Waals surface area contributed by atoms with Gasteiger partial charge in [-0.05, 0) is 13.3 Å². The maximum atomic E-state index is 11.6. The Kier molecular flexibility index (Phi) is 4.22. The second kappa shape index (κ2) is 5.27. The predicted octanol–water partition coefficient (Wildman–Crippen LogP) is 1.70. The Morgan fingerprint density at radius 1 is 1.59 bits per heavy atom. The van der Waals surface area contributed by atoms with Crippen molar-refractivity contribution in [3.05, 3.63) is 16.6 Å². The lowest BCUT2D eigenvalue weighted by Gasteiger charge is -2.35. The highest BCUT2D eigenvalue weighted by atomic mass is 32.1. The highest BCUT2D eigenvalue weighted by Gasteiger charge is 2.44. The highest BCUT2D eigenvalue weighted by molar-refractivity contribution is 7.09. The van der Waals surface area contributed by atoms with Crippen LogP contribution in [-0.2, 0) is 15.1 Å². The molecule has 17 heavy (non-hydrogen) atoms. The third-order valence-electron chi connectivity index (χ3n) is 2.63. The van der Waals surface area contributed by atoms with Crippen molar-refractivity contribution in [1.29, 1.82) is 0 Å². The van der Waals surface area contributed by atoms with Crippen LogP contribution in [0.2, 0.25) is 0 Å². The summed E-state index contributed by atoms with van der Waals surface area (Å²) in [6, 6.07) is 0. The number of rotatable bonds is 5. The van der Waals surface area contributed by atoms with Crippen molar-refractivity contribution in [2.24, 2.45) is 0 Å². The Balaban J connectivity index is 3.23. The lowest BCUT2D eigenvalue weighted by molar-refractivity contribution is -0.158. The van der Waals surface area contributed by atoms with Crippen molar-refractivity contribution in [2.45, 2.75) is 32.7 Å². The molecule has 0 aromatic carbocycles. The molecule has 0 aliphatic heterocycles. The highest BCUT2D eigenvalue weighted by Crippen LogP contribution is 2.30. The van der Waals surface area contributed by atoms with Gasteiger partial charge >= 0.3 is 5.97 Å². The Morgan fingerprint density at radius 3 is 2.59 bits per heavy atom. The molecule has 1 rings (SSSR count). The van der Waals surface area contributed by atoms with Crippen molar-refractivity contribution in [3.63, 3.8) is 0 Å². The van der Waals surface area contributed by atoms with E-state index in [1.54, 1.807) is 11.6 Å². The van der Waals surface area contributed by atoms with Crippen molar-refractivity contribution in [3.8, 4) is 0 Å². The molecule has 1 aromatic rings. The summed E-state index contributed by atoms with van der Waals surface area (Å²) >= 11 is 1.24. The van der Waals surface area contributed by atoms with Crippen LogP contribution in [0.15, 0.2) is 11.6 Å². The molecule has 0 fully saturated rings. The molecule has 94 valence electrons.